The van der Waals surface area contributed by atoms with Crippen molar-refractivity contribution in [2.75, 3.05) is 13.4 Å². The zero-order chi connectivity index (χ0) is 21.0. The SMILES string of the molecule is CC.COc1cc2cncc(-c3cc4ccccc4o3)c2cc1COS(C)(=O)=O. The molecule has 29 heavy (non-hydrogen) atoms. The molecule has 0 aliphatic heterocycles. The molecule has 0 bridgehead atoms. The minimum absolute atomic E-state index is 0.111. The monoisotopic (exact) mass is 413 g/mol. The Hall–Kier alpha value is -2.90. The molecule has 0 radical (unpaired) electrons. The Morgan fingerprint density at radius 2 is 1.79 bits per heavy atom. The van der Waals surface area contributed by atoms with E-state index in [4.69, 9.17) is 13.3 Å². The van der Waals surface area contributed by atoms with Crippen LogP contribution in [0.1, 0.15) is 19.4 Å². The van der Waals surface area contributed by atoms with Gasteiger partial charge in [0.05, 0.1) is 20.0 Å². The van der Waals surface area contributed by atoms with E-state index in [1.807, 2.05) is 56.3 Å². The largest absolute Gasteiger partial charge is 0.496 e. The van der Waals surface area contributed by atoms with Gasteiger partial charge < -0.3 is 9.15 Å². The van der Waals surface area contributed by atoms with E-state index in [1.54, 1.807) is 12.4 Å². The molecule has 6 nitrogen and oxygen atoms in total. The number of furan rings is 1. The van der Waals surface area contributed by atoms with Crippen LogP contribution in [-0.2, 0) is 20.9 Å². The summed E-state index contributed by atoms with van der Waals surface area (Å²) in [4.78, 5) is 4.31. The van der Waals surface area contributed by atoms with Crippen molar-refractivity contribution in [1.82, 2.24) is 4.98 Å². The van der Waals surface area contributed by atoms with Crippen molar-refractivity contribution < 1.29 is 21.8 Å². The predicted octanol–water partition coefficient (Wildman–Crippen LogP) is 5.16. The minimum Gasteiger partial charge on any atom is -0.496 e. The molecule has 4 rings (SSSR count). The number of rotatable bonds is 5. The van der Waals surface area contributed by atoms with Gasteiger partial charge in [0.15, 0.2) is 0 Å². The van der Waals surface area contributed by atoms with Crippen LogP contribution in [0.2, 0.25) is 0 Å². The molecule has 0 aliphatic rings. The van der Waals surface area contributed by atoms with Crippen molar-refractivity contribution >= 4 is 31.9 Å². The van der Waals surface area contributed by atoms with E-state index in [0.717, 1.165) is 33.6 Å². The summed E-state index contributed by atoms with van der Waals surface area (Å²) in [5.41, 5.74) is 2.23. The summed E-state index contributed by atoms with van der Waals surface area (Å²) >= 11 is 0. The molecule has 2 heterocycles. The Labute approximate surface area is 170 Å². The highest BCUT2D eigenvalue weighted by Gasteiger charge is 2.15. The molecule has 0 unspecified atom stereocenters. The number of nitrogens with zero attached hydrogens (tertiary/aromatic N) is 1. The van der Waals surface area contributed by atoms with Crippen molar-refractivity contribution in [2.24, 2.45) is 0 Å². The fourth-order valence-electron chi connectivity index (χ4n) is 3.03. The predicted molar refractivity (Wildman–Crippen MR) is 114 cm³/mol. The number of ether oxygens (including phenoxy) is 1. The lowest BCUT2D eigenvalue weighted by atomic mass is 10.0. The van der Waals surface area contributed by atoms with E-state index < -0.39 is 10.1 Å². The highest BCUT2D eigenvalue weighted by atomic mass is 32.2. The van der Waals surface area contributed by atoms with Gasteiger partial charge in [0, 0.05) is 34.3 Å². The molecule has 2 aromatic carbocycles. The second-order valence-corrected chi connectivity index (χ2v) is 7.83. The number of fused-ring (bicyclic) bond motifs is 2. The van der Waals surface area contributed by atoms with Crippen LogP contribution in [0.4, 0.5) is 0 Å². The number of aromatic nitrogens is 1. The molecule has 0 saturated carbocycles. The topological polar surface area (TPSA) is 78.6 Å². The van der Waals surface area contributed by atoms with Gasteiger partial charge in [0.1, 0.15) is 17.1 Å². The Kier molecular flexibility index (Phi) is 6.20. The maximum absolute atomic E-state index is 11.4. The molecular formula is C22H23NO5S. The van der Waals surface area contributed by atoms with Crippen LogP contribution in [0, 0.1) is 0 Å². The summed E-state index contributed by atoms with van der Waals surface area (Å²) in [6.07, 6.45) is 4.48. The van der Waals surface area contributed by atoms with Gasteiger partial charge in [-0.1, -0.05) is 32.0 Å². The van der Waals surface area contributed by atoms with Crippen LogP contribution in [0.25, 0.3) is 33.1 Å². The zero-order valence-corrected chi connectivity index (χ0v) is 17.6. The Bertz CT molecular complexity index is 1210. The minimum atomic E-state index is -3.57. The zero-order valence-electron chi connectivity index (χ0n) is 16.8. The van der Waals surface area contributed by atoms with Crippen molar-refractivity contribution in [1.29, 1.82) is 0 Å². The lowest BCUT2D eigenvalue weighted by Crippen LogP contribution is -2.04. The number of methoxy groups -OCH3 is 1. The van der Waals surface area contributed by atoms with Crippen LogP contribution in [0.5, 0.6) is 5.75 Å². The highest BCUT2D eigenvalue weighted by Crippen LogP contribution is 2.35. The first-order valence-electron chi connectivity index (χ1n) is 9.22. The van der Waals surface area contributed by atoms with E-state index in [2.05, 4.69) is 4.98 Å². The van der Waals surface area contributed by atoms with Gasteiger partial charge in [-0.25, -0.2) is 0 Å². The quantitative estimate of drug-likeness (QED) is 0.421. The standard InChI is InChI=1S/C20H17NO5S.C2H6/c1-24-19-9-14-10-21-11-17(16(14)7-15(19)12-25-27(2,22)23)20-8-13-5-3-4-6-18(13)26-20;1-2/h3-11H,12H2,1-2H3;1-2H3. The fourth-order valence-corrected chi connectivity index (χ4v) is 3.37. The molecule has 0 amide bonds. The lowest BCUT2D eigenvalue weighted by Gasteiger charge is -2.12. The molecule has 0 aliphatic carbocycles. The third kappa shape index (κ3) is 4.58. The highest BCUT2D eigenvalue weighted by molar-refractivity contribution is 7.85. The van der Waals surface area contributed by atoms with Crippen molar-refractivity contribution in [3.05, 3.63) is 60.4 Å². The molecule has 4 aromatic rings. The van der Waals surface area contributed by atoms with Gasteiger partial charge in [-0.15, -0.1) is 0 Å². The summed E-state index contributed by atoms with van der Waals surface area (Å²) in [5.74, 6) is 1.23. The second kappa shape index (κ2) is 8.63. The van der Waals surface area contributed by atoms with Crippen LogP contribution >= 0.6 is 0 Å². The normalized spacial score (nSPS) is 11.3. The van der Waals surface area contributed by atoms with Crippen LogP contribution in [0.3, 0.4) is 0 Å². The van der Waals surface area contributed by atoms with Crippen LogP contribution in [-0.4, -0.2) is 26.8 Å². The molecule has 7 heteroatoms. The maximum Gasteiger partial charge on any atom is 0.264 e. The van der Waals surface area contributed by atoms with Crippen molar-refractivity contribution in [3.63, 3.8) is 0 Å². The Morgan fingerprint density at radius 3 is 2.48 bits per heavy atom. The van der Waals surface area contributed by atoms with Crippen LogP contribution < -0.4 is 4.74 Å². The summed E-state index contributed by atoms with van der Waals surface area (Å²) in [7, 11) is -2.04. The van der Waals surface area contributed by atoms with E-state index >= 15 is 0 Å². The smallest absolute Gasteiger partial charge is 0.264 e. The van der Waals surface area contributed by atoms with Gasteiger partial charge in [0.25, 0.3) is 10.1 Å². The van der Waals surface area contributed by atoms with Gasteiger partial charge >= 0.3 is 0 Å². The summed E-state index contributed by atoms with van der Waals surface area (Å²) < 4.78 is 39.0. The molecule has 0 spiro atoms. The Morgan fingerprint density at radius 1 is 1.03 bits per heavy atom. The van der Waals surface area contributed by atoms with Gasteiger partial charge in [0.2, 0.25) is 0 Å². The van der Waals surface area contributed by atoms with Crippen LogP contribution in [0.15, 0.2) is 59.3 Å². The summed E-state index contributed by atoms with van der Waals surface area (Å²) in [6, 6.07) is 13.4. The number of pyridine rings is 1. The molecule has 2 aromatic heterocycles. The number of hydrogen-bond donors (Lipinski definition) is 0. The summed E-state index contributed by atoms with van der Waals surface area (Å²) in [6.45, 7) is 3.89. The first-order valence-corrected chi connectivity index (χ1v) is 11.0. The van der Waals surface area contributed by atoms with Crippen molar-refractivity contribution in [3.8, 4) is 17.1 Å². The maximum atomic E-state index is 11.4. The molecule has 0 N–H and O–H groups in total. The third-order valence-corrected chi connectivity index (χ3v) is 4.83. The van der Waals surface area contributed by atoms with Gasteiger partial charge in [-0.3, -0.25) is 9.17 Å². The van der Waals surface area contributed by atoms with Gasteiger partial charge in [-0.2, -0.15) is 8.42 Å². The van der Waals surface area contributed by atoms with Gasteiger partial charge in [-0.05, 0) is 29.7 Å². The first kappa shape index (κ1) is 20.8. The van der Waals surface area contributed by atoms with E-state index in [-0.39, 0.29) is 6.61 Å². The second-order valence-electron chi connectivity index (χ2n) is 6.19. The summed E-state index contributed by atoms with van der Waals surface area (Å²) in [5, 5.41) is 2.73. The average molecular weight is 413 g/mol. The van der Waals surface area contributed by atoms with E-state index in [1.165, 1.54) is 7.11 Å². The molecule has 0 atom stereocenters. The van der Waals surface area contributed by atoms with E-state index in [9.17, 15) is 8.42 Å². The molecular weight excluding hydrogens is 390 g/mol. The Balaban J connectivity index is 0.00000117. The molecule has 152 valence electrons. The third-order valence-electron chi connectivity index (χ3n) is 4.28. The van der Waals surface area contributed by atoms with Crippen molar-refractivity contribution in [2.45, 2.75) is 20.5 Å². The average Bonchev–Trinajstić information content (AvgIpc) is 3.16. The van der Waals surface area contributed by atoms with E-state index in [0.29, 0.717) is 17.1 Å². The number of para-hydroxylation sites is 1. The molecule has 0 saturated heterocycles. The molecule has 0 fully saturated rings. The first-order chi connectivity index (χ1) is 13.9. The number of hydrogen-bond acceptors (Lipinski definition) is 6. The number of benzene rings is 2. The fraction of sp³-hybridized carbons (Fsp3) is 0.227. The lowest BCUT2D eigenvalue weighted by molar-refractivity contribution is 0.303.